The lowest BCUT2D eigenvalue weighted by Gasteiger charge is -2.34. The Kier molecular flexibility index (Phi) is 3.38. The molecule has 0 aliphatic carbocycles. The van der Waals surface area contributed by atoms with Gasteiger partial charge in [0.05, 0.1) is 6.10 Å². The molecule has 0 saturated carbocycles. The van der Waals surface area contributed by atoms with E-state index < -0.39 is 5.54 Å². The molecule has 0 radical (unpaired) electrons. The van der Waals surface area contributed by atoms with Crippen LogP contribution in [0.5, 0.6) is 0 Å². The van der Waals surface area contributed by atoms with E-state index in [2.05, 4.69) is 5.32 Å². The molecule has 0 aromatic carbocycles. The average molecular weight is 240 g/mol. The molecule has 1 atom stereocenters. The van der Waals surface area contributed by atoms with Crippen LogP contribution in [-0.4, -0.2) is 41.6 Å². The normalized spacial score (nSPS) is 27.6. The van der Waals surface area contributed by atoms with Crippen molar-refractivity contribution >= 4 is 11.9 Å². The number of nitrogens with zero attached hydrogens (tertiary/aromatic N) is 1. The third-order valence-corrected chi connectivity index (χ3v) is 3.98. The Hall–Kier alpha value is -1.10. The highest BCUT2D eigenvalue weighted by Gasteiger charge is 2.50. The minimum atomic E-state index is -0.664. The van der Waals surface area contributed by atoms with Crippen molar-refractivity contribution in [3.63, 3.8) is 0 Å². The van der Waals surface area contributed by atoms with Crippen molar-refractivity contribution in [1.82, 2.24) is 10.2 Å². The topological polar surface area (TPSA) is 58.6 Å². The summed E-state index contributed by atoms with van der Waals surface area (Å²) in [5.41, 5.74) is -0.664. The molecule has 1 unspecified atom stereocenters. The molecule has 0 aromatic rings. The van der Waals surface area contributed by atoms with E-state index in [1.54, 1.807) is 4.90 Å². The Bertz CT molecular complexity index is 320. The number of urea groups is 1. The zero-order valence-corrected chi connectivity index (χ0v) is 10.5. The van der Waals surface area contributed by atoms with Gasteiger partial charge in [-0.15, -0.1) is 0 Å². The molecule has 2 fully saturated rings. The number of nitrogens with one attached hydrogen (secondary N) is 1. The van der Waals surface area contributed by atoms with Gasteiger partial charge in [-0.3, -0.25) is 10.1 Å². The molecule has 5 nitrogen and oxygen atoms in total. The second-order valence-corrected chi connectivity index (χ2v) is 4.74. The molecule has 0 bridgehead atoms. The molecule has 1 N–H and O–H groups in total. The highest BCUT2D eigenvalue weighted by molar-refractivity contribution is 6.06. The molecule has 2 saturated heterocycles. The second kappa shape index (κ2) is 4.64. The highest BCUT2D eigenvalue weighted by atomic mass is 16.5. The maximum Gasteiger partial charge on any atom is 0.325 e. The summed E-state index contributed by atoms with van der Waals surface area (Å²) in [6, 6.07) is -0.269. The largest absolute Gasteiger partial charge is 0.376 e. The summed E-state index contributed by atoms with van der Waals surface area (Å²) in [6.45, 7) is 5.19. The van der Waals surface area contributed by atoms with Crippen LogP contribution in [0, 0.1) is 0 Å². The zero-order valence-electron chi connectivity index (χ0n) is 10.5. The summed E-state index contributed by atoms with van der Waals surface area (Å²) in [4.78, 5) is 25.5. The summed E-state index contributed by atoms with van der Waals surface area (Å²) in [5, 5.41) is 2.43. The van der Waals surface area contributed by atoms with Crippen molar-refractivity contribution in [2.24, 2.45) is 0 Å². The van der Waals surface area contributed by atoms with E-state index in [1.807, 2.05) is 13.8 Å². The van der Waals surface area contributed by atoms with E-state index in [9.17, 15) is 9.59 Å². The van der Waals surface area contributed by atoms with Crippen LogP contribution in [0.2, 0.25) is 0 Å². The van der Waals surface area contributed by atoms with Gasteiger partial charge in [-0.1, -0.05) is 13.8 Å². The fourth-order valence-corrected chi connectivity index (χ4v) is 2.80. The second-order valence-electron chi connectivity index (χ2n) is 4.74. The van der Waals surface area contributed by atoms with E-state index in [0.717, 1.165) is 19.4 Å². The number of imide groups is 1. The van der Waals surface area contributed by atoms with Gasteiger partial charge in [-0.05, 0) is 25.7 Å². The molecule has 2 heterocycles. The van der Waals surface area contributed by atoms with Gasteiger partial charge in [0.15, 0.2) is 0 Å². The number of rotatable bonds is 4. The highest BCUT2D eigenvalue weighted by Crippen LogP contribution is 2.30. The van der Waals surface area contributed by atoms with E-state index in [1.165, 1.54) is 0 Å². The van der Waals surface area contributed by atoms with Crippen molar-refractivity contribution in [2.45, 2.75) is 51.2 Å². The number of carbonyl (C=O) groups excluding carboxylic acids is 2. The molecule has 0 aromatic heterocycles. The molecular weight excluding hydrogens is 220 g/mol. The van der Waals surface area contributed by atoms with E-state index in [4.69, 9.17) is 4.74 Å². The van der Waals surface area contributed by atoms with Crippen molar-refractivity contribution in [3.05, 3.63) is 0 Å². The molecular formula is C12H20N2O3. The molecule has 17 heavy (non-hydrogen) atoms. The summed E-state index contributed by atoms with van der Waals surface area (Å²) in [7, 11) is 0. The standard InChI is InChI=1S/C12H20N2O3/c1-3-12(4-2)10(15)13-11(16)14(12)8-9-6-5-7-17-9/h9H,3-8H2,1-2H3,(H,13,15,16). The van der Waals surface area contributed by atoms with Gasteiger partial charge in [-0.2, -0.15) is 0 Å². The van der Waals surface area contributed by atoms with Gasteiger partial charge >= 0.3 is 6.03 Å². The van der Waals surface area contributed by atoms with Crippen LogP contribution < -0.4 is 5.32 Å². The van der Waals surface area contributed by atoms with Gasteiger partial charge < -0.3 is 9.64 Å². The number of hydrogen-bond donors (Lipinski definition) is 1. The van der Waals surface area contributed by atoms with Gasteiger partial charge in [-0.25, -0.2) is 4.79 Å². The third kappa shape index (κ3) is 1.92. The smallest absolute Gasteiger partial charge is 0.325 e. The van der Waals surface area contributed by atoms with E-state index in [-0.39, 0.29) is 18.0 Å². The van der Waals surface area contributed by atoms with Crippen LogP contribution in [0.4, 0.5) is 4.79 Å². The lowest BCUT2D eigenvalue weighted by molar-refractivity contribution is -0.127. The van der Waals surface area contributed by atoms with E-state index in [0.29, 0.717) is 19.4 Å². The molecule has 2 rings (SSSR count). The number of ether oxygens (including phenoxy) is 1. The SMILES string of the molecule is CCC1(CC)C(=O)NC(=O)N1CC1CCCO1. The number of carbonyl (C=O) groups is 2. The van der Waals surface area contributed by atoms with Crippen LogP contribution in [0.3, 0.4) is 0 Å². The van der Waals surface area contributed by atoms with Crippen LogP contribution >= 0.6 is 0 Å². The number of hydrogen-bond acceptors (Lipinski definition) is 3. The van der Waals surface area contributed by atoms with Crippen LogP contribution in [-0.2, 0) is 9.53 Å². The minimum Gasteiger partial charge on any atom is -0.376 e. The van der Waals surface area contributed by atoms with Gasteiger partial charge in [0.1, 0.15) is 5.54 Å². The van der Waals surface area contributed by atoms with Crippen molar-refractivity contribution in [3.8, 4) is 0 Å². The molecule has 0 spiro atoms. The maximum absolute atomic E-state index is 11.9. The van der Waals surface area contributed by atoms with Crippen LogP contribution in [0.25, 0.3) is 0 Å². The Balaban J connectivity index is 2.16. The van der Waals surface area contributed by atoms with Gasteiger partial charge in [0, 0.05) is 13.2 Å². The molecule has 96 valence electrons. The predicted molar refractivity (Wildman–Crippen MR) is 62.5 cm³/mol. The monoisotopic (exact) mass is 240 g/mol. The number of amides is 3. The van der Waals surface area contributed by atoms with Gasteiger partial charge in [0.2, 0.25) is 0 Å². The molecule has 5 heteroatoms. The summed E-state index contributed by atoms with van der Waals surface area (Å²) in [6.07, 6.45) is 3.40. The Labute approximate surface area is 101 Å². The first-order chi connectivity index (χ1) is 8.14. The van der Waals surface area contributed by atoms with Crippen LogP contribution in [0.15, 0.2) is 0 Å². The summed E-state index contributed by atoms with van der Waals surface area (Å²) < 4.78 is 5.55. The quantitative estimate of drug-likeness (QED) is 0.753. The average Bonchev–Trinajstić information content (AvgIpc) is 2.89. The lowest BCUT2D eigenvalue weighted by atomic mass is 9.91. The first kappa shape index (κ1) is 12.4. The lowest BCUT2D eigenvalue weighted by Crippen LogP contribution is -2.51. The molecule has 3 amide bonds. The summed E-state index contributed by atoms with van der Waals surface area (Å²) >= 11 is 0. The Morgan fingerprint density at radius 2 is 2.12 bits per heavy atom. The molecule has 2 aliphatic heterocycles. The maximum atomic E-state index is 11.9. The molecule has 2 aliphatic rings. The predicted octanol–water partition coefficient (Wildman–Crippen LogP) is 1.28. The Morgan fingerprint density at radius 1 is 1.41 bits per heavy atom. The first-order valence-electron chi connectivity index (χ1n) is 6.38. The first-order valence-corrected chi connectivity index (χ1v) is 6.38. The third-order valence-electron chi connectivity index (χ3n) is 3.98. The zero-order chi connectivity index (χ0) is 12.5. The van der Waals surface area contributed by atoms with Crippen molar-refractivity contribution in [2.75, 3.05) is 13.2 Å². The Morgan fingerprint density at radius 3 is 2.65 bits per heavy atom. The van der Waals surface area contributed by atoms with Crippen molar-refractivity contribution in [1.29, 1.82) is 0 Å². The fraction of sp³-hybridized carbons (Fsp3) is 0.833. The van der Waals surface area contributed by atoms with Gasteiger partial charge in [0.25, 0.3) is 5.91 Å². The summed E-state index contributed by atoms with van der Waals surface area (Å²) in [5.74, 6) is -0.162. The fourth-order valence-electron chi connectivity index (χ4n) is 2.80. The van der Waals surface area contributed by atoms with E-state index >= 15 is 0 Å². The van der Waals surface area contributed by atoms with Crippen LogP contribution in [0.1, 0.15) is 39.5 Å². The minimum absolute atomic E-state index is 0.0872. The van der Waals surface area contributed by atoms with Crippen molar-refractivity contribution < 1.29 is 14.3 Å².